The third-order valence-corrected chi connectivity index (χ3v) is 7.75. The Bertz CT molecular complexity index is 1280. The molecule has 1 fully saturated rings. The van der Waals surface area contributed by atoms with Gasteiger partial charge in [0.2, 0.25) is 0 Å². The van der Waals surface area contributed by atoms with Crippen molar-refractivity contribution in [3.8, 4) is 11.4 Å². The van der Waals surface area contributed by atoms with Gasteiger partial charge in [-0.3, -0.25) is 0 Å². The highest BCUT2D eigenvalue weighted by Gasteiger charge is 2.40. The lowest BCUT2D eigenvalue weighted by Gasteiger charge is -2.33. The van der Waals surface area contributed by atoms with Crippen LogP contribution in [0, 0.1) is 11.6 Å². The van der Waals surface area contributed by atoms with Gasteiger partial charge in [-0.25, -0.2) is 23.4 Å². The Labute approximate surface area is 208 Å². The van der Waals surface area contributed by atoms with E-state index < -0.39 is 22.5 Å². The van der Waals surface area contributed by atoms with Crippen molar-refractivity contribution in [1.82, 2.24) is 24.1 Å². The highest BCUT2D eigenvalue weighted by molar-refractivity contribution is 8.01. The number of benzene rings is 2. The van der Waals surface area contributed by atoms with Gasteiger partial charge >= 0.3 is 0 Å². The number of hydrogen-bond donors (Lipinski definition) is 1. The van der Waals surface area contributed by atoms with E-state index in [0.29, 0.717) is 23.4 Å². The number of halogens is 2. The molecule has 1 saturated heterocycles. The van der Waals surface area contributed by atoms with E-state index in [-0.39, 0.29) is 18.4 Å². The molecule has 182 valence electrons. The van der Waals surface area contributed by atoms with Crippen molar-refractivity contribution in [1.29, 1.82) is 0 Å². The molecule has 2 aromatic carbocycles. The van der Waals surface area contributed by atoms with Gasteiger partial charge < -0.3 is 14.6 Å². The highest BCUT2D eigenvalue weighted by Crippen LogP contribution is 2.40. The summed E-state index contributed by atoms with van der Waals surface area (Å²) in [6.45, 7) is 2.82. The summed E-state index contributed by atoms with van der Waals surface area (Å²) >= 11 is 2.43. The fourth-order valence-electron chi connectivity index (χ4n) is 3.80. The summed E-state index contributed by atoms with van der Waals surface area (Å²) in [4.78, 5) is 8.49. The molecule has 0 saturated carbocycles. The Hall–Kier alpha value is -2.77. The second-order valence-corrected chi connectivity index (χ2v) is 10.3. The molecular formula is C23H21F2N5O3S2. The first-order chi connectivity index (χ1) is 16.9. The Morgan fingerprint density at radius 3 is 2.66 bits per heavy atom. The molecule has 0 amide bonds. The zero-order chi connectivity index (χ0) is 24.4. The number of rotatable bonds is 8. The Kier molecular flexibility index (Phi) is 6.89. The van der Waals surface area contributed by atoms with E-state index in [1.54, 1.807) is 6.92 Å². The predicted octanol–water partition coefficient (Wildman–Crippen LogP) is 4.19. The molecule has 4 aromatic rings. The van der Waals surface area contributed by atoms with Crippen LogP contribution < -0.4 is 0 Å². The van der Waals surface area contributed by atoms with Crippen molar-refractivity contribution >= 4 is 23.3 Å². The molecule has 12 heteroatoms. The van der Waals surface area contributed by atoms with E-state index >= 15 is 0 Å². The maximum atomic E-state index is 14.7. The van der Waals surface area contributed by atoms with Crippen molar-refractivity contribution < 1.29 is 23.4 Å². The number of ether oxygens (including phenoxy) is 2. The third-order valence-electron chi connectivity index (χ3n) is 5.69. The first kappa shape index (κ1) is 23.9. The molecule has 8 nitrogen and oxygen atoms in total. The standard InChI is InChI=1S/C23H21F2N5O3S2/c1-14(23(31,11-30-13-26-12-27-30)18-7-6-17(24)10-19(18)25)34-22-28-20(29-35-22)15-2-4-16(5-3-15)21-32-8-9-33-21/h2-7,10,12-14,21,31H,8-9,11H2,1H3/t14-,23-/m1/s1. The van der Waals surface area contributed by atoms with Gasteiger partial charge in [-0.1, -0.05) is 42.1 Å². The number of aromatic nitrogens is 5. The average molecular weight is 518 g/mol. The predicted molar refractivity (Wildman–Crippen MR) is 126 cm³/mol. The third kappa shape index (κ3) is 5.11. The summed E-state index contributed by atoms with van der Waals surface area (Å²) in [6, 6.07) is 10.8. The first-order valence-corrected chi connectivity index (χ1v) is 12.4. The summed E-state index contributed by atoms with van der Waals surface area (Å²) in [5, 5.41) is 15.1. The van der Waals surface area contributed by atoms with Crippen LogP contribution in [0.3, 0.4) is 0 Å². The molecule has 1 aliphatic rings. The Morgan fingerprint density at radius 2 is 1.97 bits per heavy atom. The molecule has 3 heterocycles. The highest BCUT2D eigenvalue weighted by atomic mass is 32.2. The Morgan fingerprint density at radius 1 is 1.20 bits per heavy atom. The molecule has 0 bridgehead atoms. The van der Waals surface area contributed by atoms with Gasteiger partial charge in [-0.15, -0.1) is 0 Å². The van der Waals surface area contributed by atoms with Crippen LogP contribution in [-0.2, 0) is 21.6 Å². The average Bonchev–Trinajstić information content (AvgIpc) is 3.62. The molecule has 35 heavy (non-hydrogen) atoms. The van der Waals surface area contributed by atoms with Gasteiger partial charge in [0, 0.05) is 28.0 Å². The van der Waals surface area contributed by atoms with E-state index in [1.807, 2.05) is 24.3 Å². The second kappa shape index (κ2) is 10.1. The van der Waals surface area contributed by atoms with Crippen LogP contribution in [0.1, 0.15) is 24.3 Å². The van der Waals surface area contributed by atoms with Gasteiger partial charge in [0.05, 0.1) is 19.8 Å². The monoisotopic (exact) mass is 517 g/mol. The molecule has 1 N–H and O–H groups in total. The number of nitrogens with zero attached hydrogens (tertiary/aromatic N) is 5. The topological polar surface area (TPSA) is 95.2 Å². The summed E-state index contributed by atoms with van der Waals surface area (Å²) in [6.07, 6.45) is 2.40. The fourth-order valence-corrected chi connectivity index (χ4v) is 5.79. The van der Waals surface area contributed by atoms with Crippen molar-refractivity contribution in [2.75, 3.05) is 13.2 Å². The number of thioether (sulfide) groups is 1. The summed E-state index contributed by atoms with van der Waals surface area (Å²) in [7, 11) is 0. The molecule has 2 atom stereocenters. The molecule has 2 aromatic heterocycles. The zero-order valence-corrected chi connectivity index (χ0v) is 20.2. The summed E-state index contributed by atoms with van der Waals surface area (Å²) in [5.41, 5.74) is -0.0227. The lowest BCUT2D eigenvalue weighted by Crippen LogP contribution is -2.41. The fraction of sp³-hybridized carbons (Fsp3) is 0.304. The quantitative estimate of drug-likeness (QED) is 0.348. The van der Waals surface area contributed by atoms with E-state index in [0.717, 1.165) is 23.3 Å². The minimum atomic E-state index is -1.73. The van der Waals surface area contributed by atoms with Crippen molar-refractivity contribution in [2.45, 2.75) is 34.9 Å². The van der Waals surface area contributed by atoms with Crippen LogP contribution in [0.15, 0.2) is 59.5 Å². The lowest BCUT2D eigenvalue weighted by molar-refractivity contribution is -0.0441. The van der Waals surface area contributed by atoms with Crippen LogP contribution in [0.2, 0.25) is 0 Å². The Balaban J connectivity index is 1.37. The molecule has 0 aliphatic carbocycles. The van der Waals surface area contributed by atoms with E-state index in [1.165, 1.54) is 46.7 Å². The maximum absolute atomic E-state index is 14.7. The normalized spacial score (nSPS) is 16.9. The van der Waals surface area contributed by atoms with Crippen molar-refractivity contribution in [3.63, 3.8) is 0 Å². The zero-order valence-electron chi connectivity index (χ0n) is 18.5. The summed E-state index contributed by atoms with van der Waals surface area (Å²) in [5.74, 6) is -1.02. The van der Waals surface area contributed by atoms with Gasteiger partial charge in [0.15, 0.2) is 16.5 Å². The van der Waals surface area contributed by atoms with Gasteiger partial charge in [0.25, 0.3) is 0 Å². The smallest absolute Gasteiger partial charge is 0.184 e. The molecule has 0 spiro atoms. The first-order valence-electron chi connectivity index (χ1n) is 10.8. The minimum Gasteiger partial charge on any atom is -0.382 e. The molecular weight excluding hydrogens is 496 g/mol. The van der Waals surface area contributed by atoms with Gasteiger partial charge in [-0.2, -0.15) is 9.47 Å². The van der Waals surface area contributed by atoms with Gasteiger partial charge in [-0.05, 0) is 24.5 Å². The molecule has 1 aliphatic heterocycles. The summed E-state index contributed by atoms with van der Waals surface area (Å²) < 4.78 is 45.8. The van der Waals surface area contributed by atoms with Crippen molar-refractivity contribution in [2.24, 2.45) is 0 Å². The van der Waals surface area contributed by atoms with E-state index in [2.05, 4.69) is 19.4 Å². The SMILES string of the molecule is C[C@@H](Sc1nc(-c2ccc(C3OCCO3)cc2)ns1)[C@](O)(Cn1cncn1)c1ccc(F)cc1F. The molecule has 5 rings (SSSR count). The number of hydrogen-bond acceptors (Lipinski definition) is 9. The largest absolute Gasteiger partial charge is 0.382 e. The van der Waals surface area contributed by atoms with E-state index in [4.69, 9.17) is 9.47 Å². The molecule has 0 unspecified atom stereocenters. The van der Waals surface area contributed by atoms with Crippen LogP contribution in [0.5, 0.6) is 0 Å². The molecule has 0 radical (unpaired) electrons. The van der Waals surface area contributed by atoms with Crippen LogP contribution in [0.4, 0.5) is 8.78 Å². The lowest BCUT2D eigenvalue weighted by atomic mass is 9.90. The minimum absolute atomic E-state index is 0.0360. The van der Waals surface area contributed by atoms with Crippen LogP contribution in [0.25, 0.3) is 11.4 Å². The second-order valence-electron chi connectivity index (χ2n) is 7.98. The van der Waals surface area contributed by atoms with Crippen molar-refractivity contribution in [3.05, 3.63) is 77.9 Å². The van der Waals surface area contributed by atoms with Crippen LogP contribution in [-0.4, -0.2) is 47.7 Å². The van der Waals surface area contributed by atoms with Crippen LogP contribution >= 0.6 is 23.3 Å². The van der Waals surface area contributed by atoms with E-state index in [9.17, 15) is 13.9 Å². The van der Waals surface area contributed by atoms with Gasteiger partial charge in [0.1, 0.15) is 29.9 Å². The number of aliphatic hydroxyl groups is 1. The maximum Gasteiger partial charge on any atom is 0.184 e.